The number of methoxy groups -OCH3 is 1. The average molecular weight is 318 g/mol. The van der Waals surface area contributed by atoms with E-state index in [9.17, 15) is 4.79 Å². The molecule has 4 nitrogen and oxygen atoms in total. The number of rotatable bonds is 8. The van der Waals surface area contributed by atoms with Gasteiger partial charge < -0.3 is 15.4 Å². The molecule has 1 amide bonds. The molecule has 1 aliphatic carbocycles. The lowest BCUT2D eigenvalue weighted by Gasteiger charge is -2.15. The van der Waals surface area contributed by atoms with Crippen molar-refractivity contribution in [3.05, 3.63) is 29.8 Å². The molecular formula is C19H30N2O2. The lowest BCUT2D eigenvalue weighted by atomic mass is 10.1. The molecule has 0 atom stereocenters. The van der Waals surface area contributed by atoms with E-state index in [1.54, 1.807) is 7.11 Å². The third-order valence-electron chi connectivity index (χ3n) is 4.51. The van der Waals surface area contributed by atoms with Gasteiger partial charge in [-0.3, -0.25) is 4.79 Å². The molecule has 0 spiro atoms. The molecule has 23 heavy (non-hydrogen) atoms. The molecule has 1 aromatic carbocycles. The maximum absolute atomic E-state index is 11.9. The van der Waals surface area contributed by atoms with E-state index in [1.165, 1.54) is 44.1 Å². The number of benzene rings is 1. The van der Waals surface area contributed by atoms with Crippen LogP contribution in [-0.2, 0) is 11.2 Å². The zero-order valence-corrected chi connectivity index (χ0v) is 14.3. The molecule has 4 heteroatoms. The molecule has 0 radical (unpaired) electrons. The highest BCUT2D eigenvalue weighted by molar-refractivity contribution is 5.76. The summed E-state index contributed by atoms with van der Waals surface area (Å²) in [5.74, 6) is 0.996. The summed E-state index contributed by atoms with van der Waals surface area (Å²) in [6.07, 6.45) is 9.29. The Morgan fingerprint density at radius 2 is 1.96 bits per heavy atom. The number of nitrogens with one attached hydrogen (secondary N) is 2. The van der Waals surface area contributed by atoms with E-state index in [0.717, 1.165) is 18.7 Å². The normalized spacial score (nSPS) is 15.9. The van der Waals surface area contributed by atoms with Crippen LogP contribution in [0.2, 0.25) is 0 Å². The monoisotopic (exact) mass is 318 g/mol. The Morgan fingerprint density at radius 3 is 2.70 bits per heavy atom. The predicted octanol–water partition coefficient (Wildman–Crippen LogP) is 3.06. The molecule has 0 unspecified atom stereocenters. The van der Waals surface area contributed by atoms with Crippen molar-refractivity contribution >= 4 is 5.91 Å². The van der Waals surface area contributed by atoms with Gasteiger partial charge in [0.15, 0.2) is 0 Å². The Kier molecular flexibility index (Phi) is 7.95. The van der Waals surface area contributed by atoms with Crippen LogP contribution in [0, 0.1) is 0 Å². The van der Waals surface area contributed by atoms with E-state index in [-0.39, 0.29) is 5.91 Å². The van der Waals surface area contributed by atoms with Crippen LogP contribution in [-0.4, -0.2) is 32.1 Å². The standard InChI is InChI=1S/C19H30N2O2/c1-23-18-10-6-7-16(15-18)11-13-21-19(22)12-14-20-17-8-4-2-3-5-9-17/h6-7,10,15,17,20H,2-5,8-9,11-14H2,1H3,(H,21,22). The quantitative estimate of drug-likeness (QED) is 0.724. The molecular weight excluding hydrogens is 288 g/mol. The van der Waals surface area contributed by atoms with Crippen molar-refractivity contribution in [2.45, 2.75) is 57.4 Å². The van der Waals surface area contributed by atoms with Gasteiger partial charge in [0, 0.05) is 25.6 Å². The first-order valence-electron chi connectivity index (χ1n) is 8.91. The maximum Gasteiger partial charge on any atom is 0.221 e. The highest BCUT2D eigenvalue weighted by Crippen LogP contribution is 2.17. The van der Waals surface area contributed by atoms with E-state index >= 15 is 0 Å². The average Bonchev–Trinajstić information content (AvgIpc) is 2.84. The second-order valence-electron chi connectivity index (χ2n) is 6.34. The molecule has 1 saturated carbocycles. The molecule has 0 aliphatic heterocycles. The molecule has 0 saturated heterocycles. The minimum Gasteiger partial charge on any atom is -0.497 e. The summed E-state index contributed by atoms with van der Waals surface area (Å²) >= 11 is 0. The number of hydrogen-bond donors (Lipinski definition) is 2. The molecule has 1 aliphatic rings. The molecule has 0 aromatic heterocycles. The van der Waals surface area contributed by atoms with Crippen molar-refractivity contribution in [2.75, 3.05) is 20.2 Å². The van der Waals surface area contributed by atoms with Gasteiger partial charge in [0.05, 0.1) is 7.11 Å². The topological polar surface area (TPSA) is 50.4 Å². The first kappa shape index (κ1) is 17.8. The summed E-state index contributed by atoms with van der Waals surface area (Å²) < 4.78 is 5.21. The fourth-order valence-electron chi connectivity index (χ4n) is 3.14. The fourth-order valence-corrected chi connectivity index (χ4v) is 3.14. The van der Waals surface area contributed by atoms with Gasteiger partial charge >= 0.3 is 0 Å². The Morgan fingerprint density at radius 1 is 1.17 bits per heavy atom. The third-order valence-corrected chi connectivity index (χ3v) is 4.51. The molecule has 2 rings (SSSR count). The summed E-state index contributed by atoms with van der Waals surface area (Å²) in [6.45, 7) is 1.46. The lowest BCUT2D eigenvalue weighted by molar-refractivity contribution is -0.120. The van der Waals surface area contributed by atoms with Crippen LogP contribution in [0.3, 0.4) is 0 Å². The molecule has 1 aromatic rings. The first-order chi connectivity index (χ1) is 11.3. The zero-order chi connectivity index (χ0) is 16.3. The molecule has 128 valence electrons. The van der Waals surface area contributed by atoms with Crippen molar-refractivity contribution in [1.82, 2.24) is 10.6 Å². The SMILES string of the molecule is COc1cccc(CCNC(=O)CCNC2CCCCCC2)c1. The van der Waals surface area contributed by atoms with Crippen molar-refractivity contribution in [2.24, 2.45) is 0 Å². The number of ether oxygens (including phenoxy) is 1. The lowest BCUT2D eigenvalue weighted by Crippen LogP contribution is -2.33. The molecule has 2 N–H and O–H groups in total. The number of carbonyl (C=O) groups excluding carboxylic acids is 1. The summed E-state index contributed by atoms with van der Waals surface area (Å²) in [6, 6.07) is 8.60. The van der Waals surface area contributed by atoms with Gasteiger partial charge in [-0.25, -0.2) is 0 Å². The molecule has 0 heterocycles. The minimum atomic E-state index is 0.133. The summed E-state index contributed by atoms with van der Waals surface area (Å²) in [5.41, 5.74) is 1.18. The Bertz CT molecular complexity index is 468. The van der Waals surface area contributed by atoms with Gasteiger partial charge in [-0.05, 0) is 37.0 Å². The van der Waals surface area contributed by atoms with E-state index in [2.05, 4.69) is 16.7 Å². The highest BCUT2D eigenvalue weighted by Gasteiger charge is 2.11. The third kappa shape index (κ3) is 7.04. The Balaban J connectivity index is 1.57. The van der Waals surface area contributed by atoms with Crippen LogP contribution in [0.5, 0.6) is 5.75 Å². The van der Waals surface area contributed by atoms with Crippen molar-refractivity contribution in [3.63, 3.8) is 0 Å². The Hall–Kier alpha value is -1.55. The van der Waals surface area contributed by atoms with Crippen LogP contribution in [0.4, 0.5) is 0 Å². The van der Waals surface area contributed by atoms with E-state index in [0.29, 0.717) is 19.0 Å². The van der Waals surface area contributed by atoms with Gasteiger partial charge in [0.1, 0.15) is 5.75 Å². The number of amides is 1. The van der Waals surface area contributed by atoms with Crippen molar-refractivity contribution in [3.8, 4) is 5.75 Å². The largest absolute Gasteiger partial charge is 0.497 e. The van der Waals surface area contributed by atoms with Gasteiger partial charge in [-0.15, -0.1) is 0 Å². The fraction of sp³-hybridized carbons (Fsp3) is 0.632. The van der Waals surface area contributed by atoms with Crippen LogP contribution in [0.1, 0.15) is 50.5 Å². The number of carbonyl (C=O) groups is 1. The predicted molar refractivity (Wildman–Crippen MR) is 93.8 cm³/mol. The van der Waals surface area contributed by atoms with E-state index in [4.69, 9.17) is 4.74 Å². The summed E-state index contributed by atoms with van der Waals surface area (Å²) in [7, 11) is 1.67. The summed E-state index contributed by atoms with van der Waals surface area (Å²) in [4.78, 5) is 11.9. The highest BCUT2D eigenvalue weighted by atomic mass is 16.5. The maximum atomic E-state index is 11.9. The van der Waals surface area contributed by atoms with Crippen LogP contribution in [0.25, 0.3) is 0 Å². The van der Waals surface area contributed by atoms with Gasteiger partial charge in [0.2, 0.25) is 5.91 Å². The number of hydrogen-bond acceptors (Lipinski definition) is 3. The molecule has 1 fully saturated rings. The van der Waals surface area contributed by atoms with Crippen molar-refractivity contribution < 1.29 is 9.53 Å². The Labute approximate surface area is 140 Å². The van der Waals surface area contributed by atoms with Gasteiger partial charge in [-0.2, -0.15) is 0 Å². The minimum absolute atomic E-state index is 0.133. The van der Waals surface area contributed by atoms with Crippen LogP contribution < -0.4 is 15.4 Å². The van der Waals surface area contributed by atoms with E-state index in [1.807, 2.05) is 18.2 Å². The molecule has 0 bridgehead atoms. The van der Waals surface area contributed by atoms with Crippen LogP contribution >= 0.6 is 0 Å². The van der Waals surface area contributed by atoms with Gasteiger partial charge in [0.25, 0.3) is 0 Å². The second-order valence-corrected chi connectivity index (χ2v) is 6.34. The summed E-state index contributed by atoms with van der Waals surface area (Å²) in [5, 5.41) is 6.54. The first-order valence-corrected chi connectivity index (χ1v) is 8.91. The van der Waals surface area contributed by atoms with Crippen molar-refractivity contribution in [1.29, 1.82) is 0 Å². The van der Waals surface area contributed by atoms with E-state index < -0.39 is 0 Å². The second kappa shape index (κ2) is 10.3. The van der Waals surface area contributed by atoms with Gasteiger partial charge in [-0.1, -0.05) is 37.8 Å². The zero-order valence-electron chi connectivity index (χ0n) is 14.3. The smallest absolute Gasteiger partial charge is 0.221 e. The van der Waals surface area contributed by atoms with Crippen LogP contribution in [0.15, 0.2) is 24.3 Å².